The van der Waals surface area contributed by atoms with Gasteiger partial charge in [0.2, 0.25) is 5.91 Å². The second-order valence-electron chi connectivity index (χ2n) is 21.4. The third-order valence-electron chi connectivity index (χ3n) is 14.8. The van der Waals surface area contributed by atoms with Gasteiger partial charge in [-0.1, -0.05) is 164 Å². The van der Waals surface area contributed by atoms with Gasteiger partial charge in [-0.3, -0.25) is 4.79 Å². The highest BCUT2D eigenvalue weighted by molar-refractivity contribution is 5.76. The second kappa shape index (κ2) is 43.2. The van der Waals surface area contributed by atoms with Gasteiger partial charge >= 0.3 is 0 Å². The van der Waals surface area contributed by atoms with E-state index < -0.39 is 124 Å². The van der Waals surface area contributed by atoms with Crippen molar-refractivity contribution in [3.8, 4) is 0 Å². The number of allylic oxidation sites excluding steroid dienone is 9. The largest absolute Gasteiger partial charge is 0.394 e. The summed E-state index contributed by atoms with van der Waals surface area (Å²) in [4.78, 5) is 13.3. The van der Waals surface area contributed by atoms with Crippen LogP contribution in [0.4, 0.5) is 0 Å². The molecule has 458 valence electrons. The van der Waals surface area contributed by atoms with Crippen LogP contribution >= 0.6 is 0 Å². The van der Waals surface area contributed by atoms with Gasteiger partial charge in [-0.25, -0.2) is 0 Å². The summed E-state index contributed by atoms with van der Waals surface area (Å²) in [6, 6.07) is -0.998. The van der Waals surface area contributed by atoms with Crippen molar-refractivity contribution < 1.29 is 89.4 Å². The molecule has 0 radical (unpaired) electrons. The SMILES string of the molecule is CCCCC/C=C\C/C=C\C/C=C\CCCCCCCCC(=O)NC(COC1OC(CO)C(OC2OC(CO)C(OC3OC(CO)C(O)C(O)C3O)C(O)C2O)C(O)C1O)C(O)/C=C/CC/C=C/CCCCCCCCCCC. The van der Waals surface area contributed by atoms with Crippen LogP contribution in [-0.4, -0.2) is 193 Å². The van der Waals surface area contributed by atoms with Crippen molar-refractivity contribution in [3.05, 3.63) is 60.8 Å². The molecule has 3 aliphatic heterocycles. The lowest BCUT2D eigenvalue weighted by molar-refractivity contribution is -0.379. The number of unbranched alkanes of at least 4 members (excludes halogenated alkanes) is 19. The molecular weight excluding hydrogens is 1020 g/mol. The molecule has 1 amide bonds. The molecule has 3 saturated heterocycles. The van der Waals surface area contributed by atoms with Crippen molar-refractivity contribution in [2.75, 3.05) is 26.4 Å². The highest BCUT2D eigenvalue weighted by Gasteiger charge is 2.53. The lowest BCUT2D eigenvalue weighted by Crippen LogP contribution is -2.66. The predicted octanol–water partition coefficient (Wildman–Crippen LogP) is 5.26. The van der Waals surface area contributed by atoms with E-state index in [1.54, 1.807) is 6.08 Å². The molecule has 0 aromatic rings. The second-order valence-corrected chi connectivity index (χ2v) is 21.4. The summed E-state index contributed by atoms with van der Waals surface area (Å²) < 4.78 is 34.2. The lowest BCUT2D eigenvalue weighted by Gasteiger charge is -2.48. The van der Waals surface area contributed by atoms with E-state index in [4.69, 9.17) is 28.4 Å². The van der Waals surface area contributed by atoms with Crippen LogP contribution in [0.1, 0.15) is 181 Å². The number of rotatable bonds is 43. The van der Waals surface area contributed by atoms with Gasteiger partial charge < -0.3 is 89.9 Å². The first-order chi connectivity index (χ1) is 38.3. The number of carbonyl (C=O) groups excluding carboxylic acids is 1. The van der Waals surface area contributed by atoms with E-state index in [0.717, 1.165) is 77.0 Å². The highest BCUT2D eigenvalue weighted by Crippen LogP contribution is 2.33. The molecule has 0 spiro atoms. The van der Waals surface area contributed by atoms with Crippen molar-refractivity contribution in [1.82, 2.24) is 5.32 Å². The Hall–Kier alpha value is -2.51. The van der Waals surface area contributed by atoms with Crippen LogP contribution in [0.5, 0.6) is 0 Å². The first-order valence-corrected chi connectivity index (χ1v) is 30.0. The fourth-order valence-corrected chi connectivity index (χ4v) is 9.80. The van der Waals surface area contributed by atoms with Crippen LogP contribution in [0.15, 0.2) is 60.8 Å². The molecule has 0 aromatic carbocycles. The number of carbonyl (C=O) groups is 1. The minimum atomic E-state index is -1.98. The fraction of sp³-hybridized carbons (Fsp3) is 0.817. The maximum Gasteiger partial charge on any atom is 0.220 e. The molecule has 0 bridgehead atoms. The molecule has 19 heteroatoms. The fourth-order valence-electron chi connectivity index (χ4n) is 9.80. The molecule has 3 fully saturated rings. The average Bonchev–Trinajstić information content (AvgIpc) is 3.47. The molecule has 79 heavy (non-hydrogen) atoms. The molecule has 19 nitrogen and oxygen atoms in total. The van der Waals surface area contributed by atoms with Gasteiger partial charge in [0.15, 0.2) is 18.9 Å². The molecule has 12 N–H and O–H groups in total. The topological polar surface area (TPSA) is 307 Å². The Morgan fingerprint density at radius 1 is 0.456 bits per heavy atom. The molecule has 0 aliphatic carbocycles. The number of ether oxygens (including phenoxy) is 6. The predicted molar refractivity (Wildman–Crippen MR) is 300 cm³/mol. The zero-order chi connectivity index (χ0) is 57.6. The summed E-state index contributed by atoms with van der Waals surface area (Å²) in [5.74, 6) is -0.301. The van der Waals surface area contributed by atoms with Crippen LogP contribution in [0.3, 0.4) is 0 Å². The summed E-state index contributed by atoms with van der Waals surface area (Å²) in [5, 5.41) is 120. The lowest BCUT2D eigenvalue weighted by atomic mass is 9.96. The number of nitrogens with one attached hydrogen (secondary N) is 1. The van der Waals surface area contributed by atoms with Gasteiger partial charge in [-0.05, 0) is 70.6 Å². The Morgan fingerprint density at radius 3 is 1.38 bits per heavy atom. The van der Waals surface area contributed by atoms with E-state index in [0.29, 0.717) is 12.8 Å². The molecule has 17 unspecified atom stereocenters. The van der Waals surface area contributed by atoms with E-state index in [9.17, 15) is 61.0 Å². The van der Waals surface area contributed by atoms with E-state index in [-0.39, 0.29) is 18.9 Å². The van der Waals surface area contributed by atoms with E-state index in [1.807, 2.05) is 6.08 Å². The molecule has 0 saturated carbocycles. The first kappa shape index (κ1) is 70.8. The highest BCUT2D eigenvalue weighted by atomic mass is 16.8. The first-order valence-electron chi connectivity index (χ1n) is 30.0. The van der Waals surface area contributed by atoms with Crippen molar-refractivity contribution in [2.24, 2.45) is 0 Å². The van der Waals surface area contributed by atoms with Crippen molar-refractivity contribution in [2.45, 2.75) is 285 Å². The normalized spacial score (nSPS) is 30.7. The van der Waals surface area contributed by atoms with Gasteiger partial charge in [-0.15, -0.1) is 0 Å². The smallest absolute Gasteiger partial charge is 0.220 e. The van der Waals surface area contributed by atoms with Gasteiger partial charge in [0.05, 0.1) is 38.6 Å². The minimum absolute atomic E-state index is 0.218. The number of hydrogen-bond donors (Lipinski definition) is 12. The summed E-state index contributed by atoms with van der Waals surface area (Å²) >= 11 is 0. The monoisotopic (exact) mass is 1130 g/mol. The number of aliphatic hydroxyl groups excluding tert-OH is 11. The maximum absolute atomic E-state index is 13.3. The summed E-state index contributed by atoms with van der Waals surface area (Å²) in [7, 11) is 0. The molecule has 3 aliphatic rings. The Balaban J connectivity index is 1.52. The zero-order valence-corrected chi connectivity index (χ0v) is 47.6. The van der Waals surface area contributed by atoms with Crippen LogP contribution in [0.2, 0.25) is 0 Å². The standard InChI is InChI=1S/C60H105NO18/c1-3-5-7-9-11-13-15-17-19-20-21-22-24-26-28-30-32-34-36-38-48(66)61-43(44(65)37-35-33-31-29-27-25-23-18-16-14-12-10-8-6-4-2)42-74-58-54(72)51(69)56(46(40-63)76-58)79-60-55(73)52(70)57(47(41-64)77-60)78-59-53(71)50(68)49(67)45(39-62)75-59/h11,13,17,19,21-22,27,29,35,37,43-47,49-60,62-65,67-73H,3-10,12,14-16,18,20,23-26,28,30-34,36,38-42H2,1-2H3,(H,61,66)/b13-11-,19-17-,22-21-,29-27+,37-35+. The molecular formula is C60H105NO18. The molecule has 3 heterocycles. The minimum Gasteiger partial charge on any atom is -0.394 e. The van der Waals surface area contributed by atoms with Crippen LogP contribution in [-0.2, 0) is 33.2 Å². The molecule has 0 aromatic heterocycles. The Morgan fingerprint density at radius 2 is 0.848 bits per heavy atom. The van der Waals surface area contributed by atoms with Crippen LogP contribution < -0.4 is 5.32 Å². The number of aliphatic hydroxyl groups is 11. The van der Waals surface area contributed by atoms with Crippen LogP contribution in [0.25, 0.3) is 0 Å². The Bertz CT molecular complexity index is 1680. The van der Waals surface area contributed by atoms with E-state index >= 15 is 0 Å². The Kier molecular flexibility index (Phi) is 38.7. The van der Waals surface area contributed by atoms with Crippen molar-refractivity contribution in [3.63, 3.8) is 0 Å². The van der Waals surface area contributed by atoms with Crippen molar-refractivity contribution >= 4 is 5.91 Å². The average molecular weight is 1130 g/mol. The third kappa shape index (κ3) is 27.2. The quantitative estimate of drug-likeness (QED) is 0.0274. The zero-order valence-electron chi connectivity index (χ0n) is 47.6. The molecule has 3 rings (SSSR count). The van der Waals surface area contributed by atoms with E-state index in [2.05, 4.69) is 67.8 Å². The third-order valence-corrected chi connectivity index (χ3v) is 14.8. The van der Waals surface area contributed by atoms with Gasteiger partial charge in [-0.2, -0.15) is 0 Å². The van der Waals surface area contributed by atoms with Crippen LogP contribution in [0, 0.1) is 0 Å². The Labute approximate surface area is 471 Å². The number of hydrogen-bond acceptors (Lipinski definition) is 18. The van der Waals surface area contributed by atoms with Crippen molar-refractivity contribution in [1.29, 1.82) is 0 Å². The van der Waals surface area contributed by atoms with Gasteiger partial charge in [0, 0.05) is 6.42 Å². The van der Waals surface area contributed by atoms with Gasteiger partial charge in [0.1, 0.15) is 73.2 Å². The summed E-state index contributed by atoms with van der Waals surface area (Å²) in [6.07, 6.45) is 22.0. The van der Waals surface area contributed by atoms with E-state index in [1.165, 1.54) is 70.6 Å². The summed E-state index contributed by atoms with van der Waals surface area (Å²) in [5.41, 5.74) is 0. The number of amides is 1. The molecule has 17 atom stereocenters. The summed E-state index contributed by atoms with van der Waals surface area (Å²) in [6.45, 7) is 1.64. The van der Waals surface area contributed by atoms with Gasteiger partial charge in [0.25, 0.3) is 0 Å². The maximum atomic E-state index is 13.3.